The van der Waals surface area contributed by atoms with Gasteiger partial charge in [0, 0.05) is 32.2 Å². The molecule has 1 aromatic carbocycles. The second kappa shape index (κ2) is 6.16. The molecule has 3 aliphatic rings. The third-order valence-electron chi connectivity index (χ3n) is 6.33. The highest BCUT2D eigenvalue weighted by Gasteiger charge is 2.53. The van der Waals surface area contributed by atoms with Crippen LogP contribution >= 0.6 is 0 Å². The predicted octanol–water partition coefficient (Wildman–Crippen LogP) is 2.08. The van der Waals surface area contributed by atoms with Crippen LogP contribution in [0.4, 0.5) is 0 Å². The van der Waals surface area contributed by atoms with Gasteiger partial charge in [-0.15, -0.1) is 0 Å². The zero-order valence-electron chi connectivity index (χ0n) is 14.6. The molecule has 1 saturated heterocycles. The molecule has 130 valence electrons. The molecule has 2 atom stereocenters. The number of aliphatic hydroxyl groups is 1. The summed E-state index contributed by atoms with van der Waals surface area (Å²) in [6.07, 6.45) is 4.95. The molecule has 1 aromatic rings. The van der Waals surface area contributed by atoms with Gasteiger partial charge in [0.1, 0.15) is 0 Å². The monoisotopic (exact) mass is 328 g/mol. The Balaban J connectivity index is 1.43. The van der Waals surface area contributed by atoms with Crippen LogP contribution in [0.2, 0.25) is 0 Å². The molecular formula is C20H28N2O2. The average molecular weight is 328 g/mol. The number of hydrogen-bond acceptors (Lipinski definition) is 3. The molecule has 4 heteroatoms. The maximum absolute atomic E-state index is 13.2. The van der Waals surface area contributed by atoms with E-state index in [-0.39, 0.29) is 11.5 Å². The maximum Gasteiger partial charge on any atom is 0.233 e. The SMILES string of the molecule is Cc1ccccc1C1(C(=O)N2CCN(C3CCCC3O)CC2)CC1. The smallest absolute Gasteiger partial charge is 0.233 e. The lowest BCUT2D eigenvalue weighted by molar-refractivity contribution is -0.136. The molecule has 0 radical (unpaired) electrons. The molecule has 1 heterocycles. The van der Waals surface area contributed by atoms with Gasteiger partial charge in [0.15, 0.2) is 0 Å². The van der Waals surface area contributed by atoms with Crippen molar-refractivity contribution in [3.63, 3.8) is 0 Å². The van der Waals surface area contributed by atoms with Crippen LogP contribution < -0.4 is 0 Å². The van der Waals surface area contributed by atoms with E-state index in [0.717, 1.165) is 58.3 Å². The first-order valence-electron chi connectivity index (χ1n) is 9.39. The van der Waals surface area contributed by atoms with Gasteiger partial charge in [-0.3, -0.25) is 9.69 Å². The molecule has 24 heavy (non-hydrogen) atoms. The van der Waals surface area contributed by atoms with Crippen LogP contribution in [0, 0.1) is 6.92 Å². The number of aryl methyl sites for hydroxylation is 1. The topological polar surface area (TPSA) is 43.8 Å². The van der Waals surface area contributed by atoms with Gasteiger partial charge in [-0.25, -0.2) is 0 Å². The summed E-state index contributed by atoms with van der Waals surface area (Å²) in [6, 6.07) is 8.65. The molecule has 3 fully saturated rings. The maximum atomic E-state index is 13.2. The summed E-state index contributed by atoms with van der Waals surface area (Å²) in [6.45, 7) is 5.52. The van der Waals surface area contributed by atoms with E-state index in [1.807, 2.05) is 6.07 Å². The predicted molar refractivity (Wildman–Crippen MR) is 93.9 cm³/mol. The van der Waals surface area contributed by atoms with Crippen LogP contribution in [0.5, 0.6) is 0 Å². The number of hydrogen-bond donors (Lipinski definition) is 1. The Labute approximate surface area is 144 Å². The van der Waals surface area contributed by atoms with Crippen molar-refractivity contribution in [1.82, 2.24) is 9.80 Å². The Morgan fingerprint density at radius 3 is 2.42 bits per heavy atom. The van der Waals surface area contributed by atoms with Gasteiger partial charge in [-0.1, -0.05) is 24.3 Å². The first-order valence-corrected chi connectivity index (χ1v) is 9.39. The first kappa shape index (κ1) is 16.1. The second-order valence-corrected chi connectivity index (χ2v) is 7.79. The highest BCUT2D eigenvalue weighted by atomic mass is 16.3. The Morgan fingerprint density at radius 1 is 1.12 bits per heavy atom. The fourth-order valence-corrected chi connectivity index (χ4v) is 4.74. The molecule has 4 rings (SSSR count). The van der Waals surface area contributed by atoms with Crippen molar-refractivity contribution < 1.29 is 9.90 Å². The van der Waals surface area contributed by atoms with Crippen molar-refractivity contribution in [1.29, 1.82) is 0 Å². The summed E-state index contributed by atoms with van der Waals surface area (Å²) in [5.74, 6) is 0.323. The summed E-state index contributed by atoms with van der Waals surface area (Å²) >= 11 is 0. The van der Waals surface area contributed by atoms with E-state index in [9.17, 15) is 9.90 Å². The Morgan fingerprint density at radius 2 is 1.83 bits per heavy atom. The standard InChI is InChI=1S/C20H28N2O2/c1-15-5-2-3-6-16(15)20(9-10-20)19(24)22-13-11-21(12-14-22)17-7-4-8-18(17)23/h2-3,5-6,17-18,23H,4,7-14H2,1H3. The molecule has 1 amide bonds. The van der Waals surface area contributed by atoms with Crippen molar-refractivity contribution >= 4 is 5.91 Å². The van der Waals surface area contributed by atoms with Crippen molar-refractivity contribution in [2.75, 3.05) is 26.2 Å². The Hall–Kier alpha value is -1.39. The minimum atomic E-state index is -0.250. The van der Waals surface area contributed by atoms with Gasteiger partial charge < -0.3 is 10.0 Å². The van der Waals surface area contributed by atoms with E-state index in [2.05, 4.69) is 34.9 Å². The molecule has 0 aromatic heterocycles. The van der Waals surface area contributed by atoms with E-state index in [1.54, 1.807) is 0 Å². The number of aliphatic hydroxyl groups excluding tert-OH is 1. The van der Waals surface area contributed by atoms with Crippen molar-refractivity contribution in [3.8, 4) is 0 Å². The largest absolute Gasteiger partial charge is 0.391 e. The quantitative estimate of drug-likeness (QED) is 0.924. The molecule has 1 aliphatic heterocycles. The lowest BCUT2D eigenvalue weighted by Gasteiger charge is -2.40. The minimum Gasteiger partial charge on any atom is -0.391 e. The van der Waals surface area contributed by atoms with Crippen molar-refractivity contribution in [3.05, 3.63) is 35.4 Å². The Kier molecular flexibility index (Phi) is 4.13. The molecule has 0 spiro atoms. The number of rotatable bonds is 3. The van der Waals surface area contributed by atoms with E-state index in [1.165, 1.54) is 11.1 Å². The molecule has 0 bridgehead atoms. The number of benzene rings is 1. The van der Waals surface area contributed by atoms with Crippen LogP contribution in [0.15, 0.2) is 24.3 Å². The van der Waals surface area contributed by atoms with Crippen LogP contribution in [-0.4, -0.2) is 59.1 Å². The zero-order valence-corrected chi connectivity index (χ0v) is 14.6. The fraction of sp³-hybridized carbons (Fsp3) is 0.650. The number of carbonyl (C=O) groups excluding carboxylic acids is 1. The van der Waals surface area contributed by atoms with Crippen LogP contribution in [0.3, 0.4) is 0 Å². The van der Waals surface area contributed by atoms with Crippen LogP contribution in [0.1, 0.15) is 43.2 Å². The van der Waals surface area contributed by atoms with Gasteiger partial charge in [0.2, 0.25) is 5.91 Å². The highest BCUT2D eigenvalue weighted by molar-refractivity contribution is 5.91. The Bertz CT molecular complexity index is 618. The van der Waals surface area contributed by atoms with Gasteiger partial charge in [0.05, 0.1) is 11.5 Å². The van der Waals surface area contributed by atoms with Gasteiger partial charge >= 0.3 is 0 Å². The number of amides is 1. The summed E-state index contributed by atoms with van der Waals surface area (Å²) in [7, 11) is 0. The zero-order chi connectivity index (χ0) is 16.7. The number of nitrogens with zero attached hydrogens (tertiary/aromatic N) is 2. The van der Waals surface area contributed by atoms with Crippen molar-refractivity contribution in [2.45, 2.75) is 56.6 Å². The van der Waals surface area contributed by atoms with Gasteiger partial charge in [-0.05, 0) is 50.2 Å². The van der Waals surface area contributed by atoms with Crippen molar-refractivity contribution in [2.24, 2.45) is 0 Å². The normalized spacial score (nSPS) is 29.7. The summed E-state index contributed by atoms with van der Waals surface area (Å²) < 4.78 is 0. The molecule has 2 saturated carbocycles. The van der Waals surface area contributed by atoms with E-state index in [4.69, 9.17) is 0 Å². The summed E-state index contributed by atoms with van der Waals surface area (Å²) in [4.78, 5) is 17.6. The van der Waals surface area contributed by atoms with E-state index in [0.29, 0.717) is 11.9 Å². The fourth-order valence-electron chi connectivity index (χ4n) is 4.74. The average Bonchev–Trinajstić information content (AvgIpc) is 3.30. The number of carbonyl (C=O) groups is 1. The lowest BCUT2D eigenvalue weighted by atomic mass is 9.90. The van der Waals surface area contributed by atoms with Gasteiger partial charge in [-0.2, -0.15) is 0 Å². The van der Waals surface area contributed by atoms with Crippen LogP contribution in [-0.2, 0) is 10.2 Å². The molecule has 4 nitrogen and oxygen atoms in total. The van der Waals surface area contributed by atoms with E-state index < -0.39 is 0 Å². The lowest BCUT2D eigenvalue weighted by Crippen LogP contribution is -2.55. The van der Waals surface area contributed by atoms with Gasteiger partial charge in [0.25, 0.3) is 0 Å². The summed E-state index contributed by atoms with van der Waals surface area (Å²) in [5, 5.41) is 10.1. The molecule has 1 N–H and O–H groups in total. The molecular weight excluding hydrogens is 300 g/mol. The highest BCUT2D eigenvalue weighted by Crippen LogP contribution is 2.50. The minimum absolute atomic E-state index is 0.172. The number of piperazine rings is 1. The van der Waals surface area contributed by atoms with E-state index >= 15 is 0 Å². The second-order valence-electron chi connectivity index (χ2n) is 7.79. The third-order valence-corrected chi connectivity index (χ3v) is 6.33. The molecule has 2 aliphatic carbocycles. The molecule has 2 unspecified atom stereocenters. The first-order chi connectivity index (χ1) is 11.6. The summed E-state index contributed by atoms with van der Waals surface area (Å²) in [5.41, 5.74) is 2.21. The van der Waals surface area contributed by atoms with Crippen LogP contribution in [0.25, 0.3) is 0 Å². The third kappa shape index (κ3) is 2.66.